The molecule has 0 atom stereocenters. The maximum Gasteiger partial charge on any atom is 0.0903 e. The zero-order valence-electron chi connectivity index (χ0n) is 31.1. The van der Waals surface area contributed by atoms with Crippen LogP contribution in [0.25, 0.3) is 62.2 Å². The number of thiophene rings is 4. The lowest BCUT2D eigenvalue weighted by Crippen LogP contribution is -1.85. The number of aryl methyl sites for hydroxylation is 4. The highest BCUT2D eigenvalue weighted by Gasteiger charge is 2.21. The van der Waals surface area contributed by atoms with E-state index in [-0.39, 0.29) is 0 Å². The first-order valence-corrected chi connectivity index (χ1v) is 23.5. The average Bonchev–Trinajstić information content (AvgIpc) is 3.93. The molecule has 0 aliphatic carbocycles. The number of fused-ring (bicyclic) bond motifs is 12. The maximum atomic E-state index is 5.81. The number of hydrogen-bond donors (Lipinski definition) is 0. The van der Waals surface area contributed by atoms with Crippen LogP contribution in [-0.4, -0.2) is 4.98 Å². The normalized spacial score (nSPS) is 12.4. The third-order valence-electron chi connectivity index (χ3n) is 10.8. The van der Waals surface area contributed by atoms with Crippen LogP contribution < -0.4 is 0 Å². The Labute approximate surface area is 316 Å². The van der Waals surface area contributed by atoms with Gasteiger partial charge in [0.05, 0.1) is 20.4 Å². The van der Waals surface area contributed by atoms with Crippen molar-refractivity contribution in [1.82, 2.24) is 4.98 Å². The van der Waals surface area contributed by atoms with E-state index in [4.69, 9.17) is 4.98 Å². The highest BCUT2D eigenvalue weighted by atomic mass is 32.1. The van der Waals surface area contributed by atoms with Gasteiger partial charge in [0.25, 0.3) is 0 Å². The molecule has 0 aliphatic rings. The van der Waals surface area contributed by atoms with E-state index in [1.54, 1.807) is 19.5 Å². The summed E-state index contributed by atoms with van der Waals surface area (Å²) in [5.74, 6) is 0. The van der Waals surface area contributed by atoms with Crippen molar-refractivity contribution >= 4 is 107 Å². The number of hydrogen-bond acceptors (Lipinski definition) is 5. The Morgan fingerprint density at radius 1 is 0.340 bits per heavy atom. The summed E-state index contributed by atoms with van der Waals surface area (Å²) in [6, 6.07) is 12.8. The monoisotopic (exact) mass is 739 g/mol. The summed E-state index contributed by atoms with van der Waals surface area (Å²) in [5, 5.41) is 8.64. The summed E-state index contributed by atoms with van der Waals surface area (Å²) in [6.45, 7) is 9.25. The van der Waals surface area contributed by atoms with Crippen LogP contribution in [0.15, 0.2) is 30.3 Å². The van der Waals surface area contributed by atoms with E-state index >= 15 is 0 Å². The van der Waals surface area contributed by atoms with Gasteiger partial charge in [-0.3, -0.25) is 0 Å². The van der Waals surface area contributed by atoms with Gasteiger partial charge in [-0.15, -0.1) is 45.3 Å². The molecule has 2 aromatic carbocycles. The molecule has 0 fully saturated rings. The van der Waals surface area contributed by atoms with Crippen molar-refractivity contribution in [3.8, 4) is 0 Å². The van der Waals surface area contributed by atoms with Crippen LogP contribution in [0.3, 0.4) is 0 Å². The topological polar surface area (TPSA) is 12.9 Å². The summed E-state index contributed by atoms with van der Waals surface area (Å²) in [7, 11) is 0. The molecule has 50 heavy (non-hydrogen) atoms. The lowest BCUT2D eigenvalue weighted by molar-refractivity contribution is 0.670. The zero-order chi connectivity index (χ0) is 34.5. The Balaban J connectivity index is 1.42. The zero-order valence-corrected chi connectivity index (χ0v) is 34.4. The summed E-state index contributed by atoms with van der Waals surface area (Å²) in [6.07, 6.45) is 25.8. The van der Waals surface area contributed by atoms with E-state index < -0.39 is 0 Å². The van der Waals surface area contributed by atoms with Crippen LogP contribution >= 0.6 is 45.3 Å². The molecule has 0 saturated heterocycles. The van der Waals surface area contributed by atoms with E-state index in [2.05, 4.69) is 80.7 Å². The average molecular weight is 740 g/mol. The third-order valence-corrected chi connectivity index (χ3v) is 15.6. The van der Waals surface area contributed by atoms with E-state index in [1.807, 2.05) is 22.7 Å². The van der Waals surface area contributed by atoms with Gasteiger partial charge in [0.1, 0.15) is 0 Å². The molecule has 0 amide bonds. The van der Waals surface area contributed by atoms with Crippen LogP contribution in [0.5, 0.6) is 0 Å². The van der Waals surface area contributed by atoms with Crippen molar-refractivity contribution in [1.29, 1.82) is 0 Å². The van der Waals surface area contributed by atoms with Crippen molar-refractivity contribution in [3.05, 3.63) is 49.8 Å². The molecule has 0 bridgehead atoms. The van der Waals surface area contributed by atoms with Gasteiger partial charge in [-0.05, 0) is 81.7 Å². The van der Waals surface area contributed by atoms with Gasteiger partial charge in [0.15, 0.2) is 0 Å². The van der Waals surface area contributed by atoms with Crippen molar-refractivity contribution in [2.45, 2.75) is 156 Å². The second kappa shape index (κ2) is 17.2. The molecule has 0 aliphatic heterocycles. The van der Waals surface area contributed by atoms with E-state index in [9.17, 15) is 0 Å². The lowest BCUT2D eigenvalue weighted by Gasteiger charge is -2.08. The fourth-order valence-corrected chi connectivity index (χ4v) is 12.8. The van der Waals surface area contributed by atoms with E-state index in [0.29, 0.717) is 0 Å². The fraction of sp³-hybridized carbons (Fsp3) is 0.533. The molecule has 5 aromatic heterocycles. The van der Waals surface area contributed by atoms with E-state index in [0.717, 1.165) is 0 Å². The van der Waals surface area contributed by atoms with Gasteiger partial charge in [-0.25, -0.2) is 4.98 Å². The van der Waals surface area contributed by atoms with Crippen molar-refractivity contribution in [3.63, 3.8) is 0 Å². The Hall–Kier alpha value is -2.05. The molecule has 0 N–H and O–H groups in total. The Kier molecular flexibility index (Phi) is 12.5. The maximum absolute atomic E-state index is 5.81. The molecule has 0 radical (unpaired) electrons. The molecule has 5 heterocycles. The van der Waals surface area contributed by atoms with E-state index in [1.165, 1.54) is 191 Å². The molecule has 5 heteroatoms. The van der Waals surface area contributed by atoms with Gasteiger partial charge in [0.2, 0.25) is 0 Å². The number of rotatable bonds is 20. The number of benzene rings is 2. The minimum absolute atomic E-state index is 1.19. The quantitative estimate of drug-likeness (QED) is 0.0560. The van der Waals surface area contributed by atoms with Crippen LogP contribution in [0.2, 0.25) is 0 Å². The summed E-state index contributed by atoms with van der Waals surface area (Å²) in [5.41, 5.74) is 2.50. The smallest absolute Gasteiger partial charge is 0.0903 e. The van der Waals surface area contributed by atoms with Gasteiger partial charge < -0.3 is 0 Å². The standard InChI is InChI=1S/C45H57NS4/c1-5-9-13-17-21-30-25-34-36-27-32(23-19-15-11-7-3)49-44(36)40-38(42(34)47-30)29-39-41(46-40)45-37(28-33(50-45)24-20-16-12-8-4)35-26-31(48-43(35)39)22-18-14-10-6-2/h25-29H,5-24H2,1-4H3. The van der Waals surface area contributed by atoms with Crippen molar-refractivity contribution in [2.24, 2.45) is 0 Å². The molecular weight excluding hydrogens is 683 g/mol. The fourth-order valence-electron chi connectivity index (χ4n) is 7.92. The minimum Gasteiger partial charge on any atom is -0.245 e. The molecule has 0 unspecified atom stereocenters. The van der Waals surface area contributed by atoms with Crippen LogP contribution in [0.4, 0.5) is 0 Å². The van der Waals surface area contributed by atoms with Gasteiger partial charge in [-0.1, -0.05) is 105 Å². The molecule has 0 spiro atoms. The van der Waals surface area contributed by atoms with Crippen LogP contribution in [0, 0.1) is 0 Å². The Morgan fingerprint density at radius 3 is 0.960 bits per heavy atom. The first-order chi connectivity index (χ1) is 24.6. The van der Waals surface area contributed by atoms with Gasteiger partial charge in [0, 0.05) is 61.2 Å². The second-order valence-electron chi connectivity index (χ2n) is 14.8. The Bertz CT molecular complexity index is 1880. The summed E-state index contributed by atoms with van der Waals surface area (Å²) in [4.78, 5) is 12.0. The van der Waals surface area contributed by atoms with Crippen molar-refractivity contribution in [2.75, 3.05) is 0 Å². The predicted molar refractivity (Wildman–Crippen MR) is 232 cm³/mol. The first-order valence-electron chi connectivity index (χ1n) is 20.2. The van der Waals surface area contributed by atoms with Crippen LogP contribution in [-0.2, 0) is 25.7 Å². The molecule has 266 valence electrons. The third kappa shape index (κ3) is 7.68. The number of nitrogens with zero attached hydrogens (tertiary/aromatic N) is 1. The SMILES string of the molecule is CCCCCCc1cc2c3cc(CCCCCC)sc3c3nc4c(cc3c2s1)c1sc(CCCCCC)cc1c1cc(CCCCCC)sc14. The highest BCUT2D eigenvalue weighted by molar-refractivity contribution is 7.23. The molecular formula is C45H57NS4. The Morgan fingerprint density at radius 2 is 0.640 bits per heavy atom. The first kappa shape index (κ1) is 36.3. The van der Waals surface area contributed by atoms with Gasteiger partial charge in [-0.2, -0.15) is 0 Å². The van der Waals surface area contributed by atoms with Gasteiger partial charge >= 0.3 is 0 Å². The summed E-state index contributed by atoms with van der Waals surface area (Å²) >= 11 is 8.19. The van der Waals surface area contributed by atoms with Crippen molar-refractivity contribution < 1.29 is 0 Å². The highest BCUT2D eigenvalue weighted by Crippen LogP contribution is 2.48. The number of aromatic nitrogens is 1. The number of unbranched alkanes of at least 4 members (excludes halogenated alkanes) is 12. The molecule has 7 aromatic rings. The molecule has 0 saturated carbocycles. The van der Waals surface area contributed by atoms with Crippen LogP contribution in [0.1, 0.15) is 150 Å². The summed E-state index contributed by atoms with van der Waals surface area (Å²) < 4.78 is 5.77. The second-order valence-corrected chi connectivity index (χ2v) is 19.4. The number of pyridine rings is 1. The predicted octanol–water partition coefficient (Wildman–Crippen LogP) is 16.7. The largest absolute Gasteiger partial charge is 0.245 e. The lowest BCUT2D eigenvalue weighted by atomic mass is 10.0. The molecule has 1 nitrogen and oxygen atoms in total. The molecule has 7 rings (SSSR count). The minimum atomic E-state index is 1.19.